The van der Waals surface area contributed by atoms with Gasteiger partial charge in [0.2, 0.25) is 0 Å². The Kier molecular flexibility index (Phi) is 4.42. The molecule has 4 rings (SSSR count). The van der Waals surface area contributed by atoms with Crippen molar-refractivity contribution in [3.05, 3.63) is 72.4 Å². The Hall–Kier alpha value is -3.49. The van der Waals surface area contributed by atoms with E-state index in [1.165, 1.54) is 6.20 Å². The Morgan fingerprint density at radius 2 is 1.64 bits per heavy atom. The summed E-state index contributed by atoms with van der Waals surface area (Å²) in [5, 5.41) is 12.1. The van der Waals surface area contributed by atoms with Crippen molar-refractivity contribution in [1.82, 2.24) is 29.8 Å². The molecule has 0 radical (unpaired) electrons. The summed E-state index contributed by atoms with van der Waals surface area (Å²) in [6.45, 7) is 1.67. The maximum absolute atomic E-state index is 13.4. The molecule has 0 aliphatic heterocycles. The summed E-state index contributed by atoms with van der Waals surface area (Å²) in [5.41, 5.74) is 1.96. The van der Waals surface area contributed by atoms with Crippen LogP contribution in [0, 0.1) is 0 Å². The van der Waals surface area contributed by atoms with E-state index in [1.807, 2.05) is 12.1 Å². The Morgan fingerprint density at radius 1 is 0.964 bits per heavy atom. The zero-order valence-corrected chi connectivity index (χ0v) is 14.8. The van der Waals surface area contributed by atoms with Gasteiger partial charge in [0.05, 0.1) is 23.8 Å². The average molecular weight is 384 g/mol. The molecule has 0 aliphatic carbocycles. The molecule has 4 aromatic rings. The van der Waals surface area contributed by atoms with Crippen LogP contribution in [0.4, 0.5) is 13.2 Å². The molecule has 3 heterocycles. The summed E-state index contributed by atoms with van der Waals surface area (Å²) >= 11 is 0. The molecule has 0 unspecified atom stereocenters. The zero-order chi connectivity index (χ0) is 19.7. The van der Waals surface area contributed by atoms with Gasteiger partial charge < -0.3 is 0 Å². The first-order valence-electron chi connectivity index (χ1n) is 8.55. The largest absolute Gasteiger partial charge is 0.433 e. The van der Waals surface area contributed by atoms with E-state index in [1.54, 1.807) is 54.5 Å². The molecule has 1 aromatic carbocycles. The predicted molar refractivity (Wildman–Crippen MR) is 96.1 cm³/mol. The van der Waals surface area contributed by atoms with E-state index in [4.69, 9.17) is 0 Å². The molecule has 6 nitrogen and oxygen atoms in total. The Bertz CT molecular complexity index is 1080. The topological polar surface area (TPSA) is 61.4 Å². The third-order valence-corrected chi connectivity index (χ3v) is 4.32. The molecular formula is C19H15F3N6. The van der Waals surface area contributed by atoms with Gasteiger partial charge in [-0.25, -0.2) is 9.36 Å². The molecule has 28 heavy (non-hydrogen) atoms. The van der Waals surface area contributed by atoms with Gasteiger partial charge in [0.25, 0.3) is 0 Å². The van der Waals surface area contributed by atoms with Crippen LogP contribution in [0.5, 0.6) is 0 Å². The number of nitrogens with zero attached hydrogens (tertiary/aromatic N) is 6. The van der Waals surface area contributed by atoms with E-state index >= 15 is 0 Å². The second-order valence-electron chi connectivity index (χ2n) is 6.08. The highest BCUT2D eigenvalue weighted by atomic mass is 19.4. The lowest BCUT2D eigenvalue weighted by Gasteiger charge is -2.12. The second-order valence-corrected chi connectivity index (χ2v) is 6.08. The van der Waals surface area contributed by atoms with Crippen LogP contribution < -0.4 is 0 Å². The number of aromatic nitrogens is 6. The highest BCUT2D eigenvalue weighted by Crippen LogP contribution is 2.34. The summed E-state index contributed by atoms with van der Waals surface area (Å²) in [5.74, 6) is 0. The van der Waals surface area contributed by atoms with E-state index in [9.17, 15) is 13.2 Å². The van der Waals surface area contributed by atoms with Crippen LogP contribution in [-0.2, 0) is 12.6 Å². The van der Waals surface area contributed by atoms with Crippen LogP contribution >= 0.6 is 0 Å². The third-order valence-electron chi connectivity index (χ3n) is 4.32. The monoisotopic (exact) mass is 384 g/mol. The van der Waals surface area contributed by atoms with Gasteiger partial charge >= 0.3 is 6.18 Å². The van der Waals surface area contributed by atoms with E-state index in [-0.39, 0.29) is 12.0 Å². The molecule has 0 fully saturated rings. The van der Waals surface area contributed by atoms with Crippen molar-refractivity contribution in [2.45, 2.75) is 19.5 Å². The number of rotatable bonds is 4. The Labute approximate surface area is 158 Å². The minimum atomic E-state index is -4.48. The van der Waals surface area contributed by atoms with Crippen molar-refractivity contribution in [3.8, 4) is 22.6 Å². The fraction of sp³-hybridized carbons (Fsp3) is 0.158. The number of pyridine rings is 1. The second kappa shape index (κ2) is 6.91. The maximum Gasteiger partial charge on any atom is 0.433 e. The van der Waals surface area contributed by atoms with Gasteiger partial charge in [0, 0.05) is 23.5 Å². The molecule has 9 heteroatoms. The van der Waals surface area contributed by atoms with Gasteiger partial charge in [-0.15, -0.1) is 5.10 Å². The van der Waals surface area contributed by atoms with Crippen molar-refractivity contribution in [3.63, 3.8) is 0 Å². The minimum absolute atomic E-state index is 0.162. The minimum Gasteiger partial charge on any atom is -0.265 e. The first-order valence-corrected chi connectivity index (χ1v) is 8.55. The number of benzene rings is 1. The number of hydrogen-bond acceptors (Lipinski definition) is 4. The smallest absolute Gasteiger partial charge is 0.265 e. The van der Waals surface area contributed by atoms with Crippen LogP contribution in [-0.4, -0.2) is 29.8 Å². The molecule has 0 spiro atoms. The van der Waals surface area contributed by atoms with Gasteiger partial charge in [0.1, 0.15) is 5.69 Å². The van der Waals surface area contributed by atoms with Crippen LogP contribution in [0.25, 0.3) is 22.6 Å². The average Bonchev–Trinajstić information content (AvgIpc) is 3.36. The molecule has 142 valence electrons. The molecule has 0 amide bonds. The van der Waals surface area contributed by atoms with E-state index in [0.717, 1.165) is 10.2 Å². The quantitative estimate of drug-likeness (QED) is 0.532. The van der Waals surface area contributed by atoms with Gasteiger partial charge in [-0.3, -0.25) is 4.98 Å². The molecule has 0 aliphatic rings. The van der Waals surface area contributed by atoms with Gasteiger partial charge in [-0.05, 0) is 42.8 Å². The number of halogens is 3. The normalized spacial score (nSPS) is 11.7. The maximum atomic E-state index is 13.4. The third kappa shape index (κ3) is 3.26. The molecular weight excluding hydrogens is 369 g/mol. The van der Waals surface area contributed by atoms with Crippen molar-refractivity contribution >= 4 is 0 Å². The molecule has 0 N–H and O–H groups in total. The van der Waals surface area contributed by atoms with E-state index < -0.39 is 11.9 Å². The summed E-state index contributed by atoms with van der Waals surface area (Å²) in [6, 6.07) is 10.1. The lowest BCUT2D eigenvalue weighted by molar-refractivity contribution is -0.143. The SMILES string of the molecule is CCc1cnn(-c2ccc(-n3cc(-c4ccncc4)nn3)cc2)c1C(F)(F)F. The highest BCUT2D eigenvalue weighted by Gasteiger charge is 2.38. The molecule has 0 atom stereocenters. The Balaban J connectivity index is 1.66. The van der Waals surface area contributed by atoms with E-state index in [0.29, 0.717) is 17.1 Å². The van der Waals surface area contributed by atoms with Crippen molar-refractivity contribution < 1.29 is 13.2 Å². The van der Waals surface area contributed by atoms with E-state index in [2.05, 4.69) is 20.4 Å². The molecule has 3 aromatic heterocycles. The fourth-order valence-corrected chi connectivity index (χ4v) is 2.93. The Morgan fingerprint density at radius 3 is 2.29 bits per heavy atom. The zero-order valence-electron chi connectivity index (χ0n) is 14.8. The van der Waals surface area contributed by atoms with Crippen molar-refractivity contribution in [1.29, 1.82) is 0 Å². The lowest BCUT2D eigenvalue weighted by Crippen LogP contribution is -2.15. The first kappa shape index (κ1) is 17.9. The van der Waals surface area contributed by atoms with Crippen LogP contribution in [0.15, 0.2) is 61.2 Å². The van der Waals surface area contributed by atoms with Crippen molar-refractivity contribution in [2.24, 2.45) is 0 Å². The predicted octanol–water partition coefficient (Wildman–Crippen LogP) is 4.10. The molecule has 0 bridgehead atoms. The summed E-state index contributed by atoms with van der Waals surface area (Å²) in [4.78, 5) is 3.96. The standard InChI is InChI=1S/C19H15F3N6/c1-2-13-11-24-28(18(13)19(20,21)22)16-5-3-15(4-6-16)27-12-17(25-26-27)14-7-9-23-10-8-14/h3-12H,2H2,1H3. The van der Waals surface area contributed by atoms with Crippen LogP contribution in [0.1, 0.15) is 18.2 Å². The lowest BCUT2D eigenvalue weighted by atomic mass is 10.2. The number of hydrogen-bond donors (Lipinski definition) is 0. The van der Waals surface area contributed by atoms with Gasteiger partial charge in [-0.2, -0.15) is 18.3 Å². The van der Waals surface area contributed by atoms with Crippen LogP contribution in [0.3, 0.4) is 0 Å². The highest BCUT2D eigenvalue weighted by molar-refractivity contribution is 5.57. The van der Waals surface area contributed by atoms with Gasteiger partial charge in [0.15, 0.2) is 5.69 Å². The summed E-state index contributed by atoms with van der Waals surface area (Å²) < 4.78 is 42.8. The fourth-order valence-electron chi connectivity index (χ4n) is 2.93. The summed E-state index contributed by atoms with van der Waals surface area (Å²) in [7, 11) is 0. The first-order chi connectivity index (χ1) is 13.5. The number of alkyl halides is 3. The molecule has 0 saturated carbocycles. The number of aryl methyl sites for hydroxylation is 1. The molecule has 0 saturated heterocycles. The van der Waals surface area contributed by atoms with Crippen LogP contribution in [0.2, 0.25) is 0 Å². The summed E-state index contributed by atoms with van der Waals surface area (Å²) in [6.07, 6.45) is 2.10. The van der Waals surface area contributed by atoms with Crippen molar-refractivity contribution in [2.75, 3.05) is 0 Å². The van der Waals surface area contributed by atoms with Gasteiger partial charge in [-0.1, -0.05) is 12.1 Å².